The molecule has 0 aliphatic heterocycles. The second-order valence-electron chi connectivity index (χ2n) is 4.36. The van der Waals surface area contributed by atoms with Gasteiger partial charge in [0, 0.05) is 6.07 Å². The van der Waals surface area contributed by atoms with Crippen LogP contribution in [0, 0.1) is 11.6 Å². The number of halogens is 2. The molecule has 0 heterocycles. The van der Waals surface area contributed by atoms with E-state index in [0.29, 0.717) is 5.56 Å². The van der Waals surface area contributed by atoms with Crippen LogP contribution in [0.3, 0.4) is 0 Å². The third-order valence-electron chi connectivity index (χ3n) is 2.66. The summed E-state index contributed by atoms with van der Waals surface area (Å²) in [6.07, 6.45) is 0.812. The van der Waals surface area contributed by atoms with Gasteiger partial charge in [0.1, 0.15) is 11.6 Å². The molecule has 1 aromatic carbocycles. The molecule has 0 spiro atoms. The SMILES string of the molecule is CNCCC(C)(C)c1ccc(F)cc1F. The summed E-state index contributed by atoms with van der Waals surface area (Å²) in [5.74, 6) is -0.989. The molecule has 0 unspecified atom stereocenters. The van der Waals surface area contributed by atoms with Gasteiger partial charge in [-0.25, -0.2) is 8.78 Å². The molecule has 0 bridgehead atoms. The summed E-state index contributed by atoms with van der Waals surface area (Å²) in [4.78, 5) is 0. The van der Waals surface area contributed by atoms with Gasteiger partial charge in [0.15, 0.2) is 0 Å². The van der Waals surface area contributed by atoms with Gasteiger partial charge in [-0.3, -0.25) is 0 Å². The van der Waals surface area contributed by atoms with Gasteiger partial charge in [0.2, 0.25) is 0 Å². The minimum absolute atomic E-state index is 0.277. The van der Waals surface area contributed by atoms with Crippen molar-refractivity contribution in [3.63, 3.8) is 0 Å². The standard InChI is InChI=1S/C12H17F2N/c1-12(2,6-7-15-3)10-5-4-9(13)8-11(10)14/h4-5,8,15H,6-7H2,1-3H3. The highest BCUT2D eigenvalue weighted by Gasteiger charge is 2.23. The van der Waals surface area contributed by atoms with E-state index in [1.165, 1.54) is 12.1 Å². The molecule has 0 amide bonds. The van der Waals surface area contributed by atoms with Gasteiger partial charge in [-0.2, -0.15) is 0 Å². The first-order valence-electron chi connectivity index (χ1n) is 5.07. The third-order valence-corrected chi connectivity index (χ3v) is 2.66. The molecule has 0 saturated carbocycles. The monoisotopic (exact) mass is 213 g/mol. The number of benzene rings is 1. The molecular weight excluding hydrogens is 196 g/mol. The Kier molecular flexibility index (Phi) is 3.80. The molecule has 1 aromatic rings. The van der Waals surface area contributed by atoms with E-state index in [-0.39, 0.29) is 5.41 Å². The Labute approximate surface area is 89.5 Å². The van der Waals surface area contributed by atoms with E-state index in [2.05, 4.69) is 5.32 Å². The molecule has 0 aliphatic carbocycles. The molecule has 0 saturated heterocycles. The van der Waals surface area contributed by atoms with Gasteiger partial charge in [-0.1, -0.05) is 19.9 Å². The van der Waals surface area contributed by atoms with Crippen LogP contribution in [-0.2, 0) is 5.41 Å². The average Bonchev–Trinajstić information content (AvgIpc) is 2.14. The summed E-state index contributed by atoms with van der Waals surface area (Å²) in [6.45, 7) is 4.73. The summed E-state index contributed by atoms with van der Waals surface area (Å²) >= 11 is 0. The smallest absolute Gasteiger partial charge is 0.129 e. The zero-order valence-electron chi connectivity index (χ0n) is 9.40. The van der Waals surface area contributed by atoms with Crippen LogP contribution >= 0.6 is 0 Å². The lowest BCUT2D eigenvalue weighted by atomic mass is 9.81. The molecule has 84 valence electrons. The Morgan fingerprint density at radius 2 is 1.93 bits per heavy atom. The zero-order valence-corrected chi connectivity index (χ0v) is 9.40. The summed E-state index contributed by atoms with van der Waals surface area (Å²) in [5, 5.41) is 3.03. The van der Waals surface area contributed by atoms with Crippen molar-refractivity contribution >= 4 is 0 Å². The Morgan fingerprint density at radius 3 is 2.47 bits per heavy atom. The van der Waals surface area contributed by atoms with Gasteiger partial charge >= 0.3 is 0 Å². The quantitative estimate of drug-likeness (QED) is 0.811. The second-order valence-corrected chi connectivity index (χ2v) is 4.36. The first-order valence-corrected chi connectivity index (χ1v) is 5.07. The van der Waals surface area contributed by atoms with Gasteiger partial charge in [-0.05, 0) is 37.1 Å². The zero-order chi connectivity index (χ0) is 11.5. The minimum atomic E-state index is -0.527. The molecule has 1 rings (SSSR count). The summed E-state index contributed by atoms with van der Waals surface area (Å²) < 4.78 is 26.2. The minimum Gasteiger partial charge on any atom is -0.320 e. The predicted octanol–water partition coefficient (Wildman–Crippen LogP) is 2.85. The lowest BCUT2D eigenvalue weighted by Crippen LogP contribution is -2.24. The highest BCUT2D eigenvalue weighted by Crippen LogP contribution is 2.29. The van der Waals surface area contributed by atoms with E-state index >= 15 is 0 Å². The fourth-order valence-electron chi connectivity index (χ4n) is 1.61. The molecule has 0 radical (unpaired) electrons. The van der Waals surface area contributed by atoms with E-state index in [0.717, 1.165) is 19.0 Å². The number of hydrogen-bond donors (Lipinski definition) is 1. The van der Waals surface area contributed by atoms with E-state index in [9.17, 15) is 8.78 Å². The van der Waals surface area contributed by atoms with Crippen molar-refractivity contribution in [2.75, 3.05) is 13.6 Å². The van der Waals surface area contributed by atoms with Crippen LogP contribution < -0.4 is 5.32 Å². The molecule has 0 atom stereocenters. The van der Waals surface area contributed by atoms with Crippen molar-refractivity contribution in [1.29, 1.82) is 0 Å². The Hall–Kier alpha value is -0.960. The van der Waals surface area contributed by atoms with E-state index in [1.54, 1.807) is 0 Å². The number of rotatable bonds is 4. The summed E-state index contributed by atoms with van der Waals surface area (Å²) in [7, 11) is 1.86. The van der Waals surface area contributed by atoms with Crippen molar-refractivity contribution in [2.45, 2.75) is 25.7 Å². The topological polar surface area (TPSA) is 12.0 Å². The summed E-state index contributed by atoms with van der Waals surface area (Å²) in [5.41, 5.74) is 0.292. The summed E-state index contributed by atoms with van der Waals surface area (Å²) in [6, 6.07) is 3.77. The maximum atomic E-state index is 13.5. The average molecular weight is 213 g/mol. The lowest BCUT2D eigenvalue weighted by molar-refractivity contribution is 0.439. The predicted molar refractivity (Wildman–Crippen MR) is 57.9 cm³/mol. The van der Waals surface area contributed by atoms with Crippen LogP contribution in [0.1, 0.15) is 25.8 Å². The first-order chi connectivity index (χ1) is 6.97. The molecule has 3 heteroatoms. The number of hydrogen-bond acceptors (Lipinski definition) is 1. The molecule has 0 fully saturated rings. The maximum Gasteiger partial charge on any atom is 0.129 e. The first kappa shape index (κ1) is 12.1. The van der Waals surface area contributed by atoms with Crippen LogP contribution in [0.25, 0.3) is 0 Å². The third kappa shape index (κ3) is 2.99. The van der Waals surface area contributed by atoms with Gasteiger partial charge in [0.25, 0.3) is 0 Å². The van der Waals surface area contributed by atoms with Crippen LogP contribution in [-0.4, -0.2) is 13.6 Å². The normalized spacial score (nSPS) is 11.8. The van der Waals surface area contributed by atoms with E-state index in [4.69, 9.17) is 0 Å². The molecule has 15 heavy (non-hydrogen) atoms. The fraction of sp³-hybridized carbons (Fsp3) is 0.500. The Balaban J connectivity index is 2.93. The second kappa shape index (κ2) is 4.71. The van der Waals surface area contributed by atoms with E-state index in [1.807, 2.05) is 20.9 Å². The highest BCUT2D eigenvalue weighted by molar-refractivity contribution is 5.26. The largest absolute Gasteiger partial charge is 0.320 e. The molecule has 0 aliphatic rings. The molecule has 0 aromatic heterocycles. The Morgan fingerprint density at radius 1 is 1.27 bits per heavy atom. The molecular formula is C12H17F2N. The van der Waals surface area contributed by atoms with Gasteiger partial charge in [-0.15, -0.1) is 0 Å². The van der Waals surface area contributed by atoms with Crippen LogP contribution in [0.2, 0.25) is 0 Å². The van der Waals surface area contributed by atoms with Crippen molar-refractivity contribution in [2.24, 2.45) is 0 Å². The van der Waals surface area contributed by atoms with Crippen molar-refractivity contribution < 1.29 is 8.78 Å². The maximum absolute atomic E-state index is 13.5. The Bertz CT molecular complexity index is 334. The fourth-order valence-corrected chi connectivity index (χ4v) is 1.61. The van der Waals surface area contributed by atoms with Crippen LogP contribution in [0.15, 0.2) is 18.2 Å². The molecule has 1 nitrogen and oxygen atoms in total. The van der Waals surface area contributed by atoms with Gasteiger partial charge < -0.3 is 5.32 Å². The van der Waals surface area contributed by atoms with Gasteiger partial charge in [0.05, 0.1) is 0 Å². The van der Waals surface area contributed by atoms with Crippen LogP contribution in [0.5, 0.6) is 0 Å². The van der Waals surface area contributed by atoms with Crippen molar-refractivity contribution in [3.05, 3.63) is 35.4 Å². The van der Waals surface area contributed by atoms with Crippen molar-refractivity contribution in [1.82, 2.24) is 5.32 Å². The van der Waals surface area contributed by atoms with Crippen LogP contribution in [0.4, 0.5) is 8.78 Å². The number of nitrogens with one attached hydrogen (secondary N) is 1. The van der Waals surface area contributed by atoms with E-state index < -0.39 is 11.6 Å². The molecule has 1 N–H and O–H groups in total. The lowest BCUT2D eigenvalue weighted by Gasteiger charge is -2.25. The highest BCUT2D eigenvalue weighted by atomic mass is 19.1. The van der Waals surface area contributed by atoms with Crippen molar-refractivity contribution in [3.8, 4) is 0 Å².